The maximum atomic E-state index is 13.7. The topological polar surface area (TPSA) is 76.3 Å². The highest BCUT2D eigenvalue weighted by Crippen LogP contribution is 2.35. The predicted octanol–water partition coefficient (Wildman–Crippen LogP) is 5.47. The highest BCUT2D eigenvalue weighted by atomic mass is 79.9. The third-order valence-corrected chi connectivity index (χ3v) is 8.30. The van der Waals surface area contributed by atoms with Crippen molar-refractivity contribution in [1.29, 1.82) is 0 Å². The molecule has 0 aliphatic heterocycles. The number of carbonyl (C=O) groups excluding carboxylic acids is 1. The van der Waals surface area contributed by atoms with Crippen molar-refractivity contribution in [3.63, 3.8) is 0 Å². The van der Waals surface area contributed by atoms with E-state index < -0.39 is 0 Å². The molecule has 1 amide bonds. The number of aromatic nitrogens is 2. The summed E-state index contributed by atoms with van der Waals surface area (Å²) in [5, 5.41) is 5.09. The Balaban J connectivity index is 1.42. The zero-order valence-electron chi connectivity index (χ0n) is 18.5. The van der Waals surface area contributed by atoms with Crippen molar-refractivity contribution in [1.82, 2.24) is 15.0 Å². The van der Waals surface area contributed by atoms with Gasteiger partial charge in [-0.2, -0.15) is 5.10 Å². The van der Waals surface area contributed by atoms with Gasteiger partial charge in [-0.15, -0.1) is 11.3 Å². The molecule has 0 saturated heterocycles. The van der Waals surface area contributed by atoms with Gasteiger partial charge in [0.15, 0.2) is 5.16 Å². The van der Waals surface area contributed by atoms with Gasteiger partial charge in [-0.1, -0.05) is 39.8 Å². The Hall–Kier alpha value is -2.82. The molecule has 1 N–H and O–H groups in total. The standard InChI is InChI=1S/C25H20BrFN4O2S2/c26-16-7-11-18(12-8-16)31-24(33)22-19-3-1-2-4-20(19)35-23(22)29-25(31)34-14-21(32)30-28-13-15-5-9-17(27)10-6-15/h5-13H,1-4,14H2,(H,30,32). The summed E-state index contributed by atoms with van der Waals surface area (Å²) < 4.78 is 15.5. The van der Waals surface area contributed by atoms with E-state index in [9.17, 15) is 14.0 Å². The molecule has 10 heteroatoms. The molecule has 0 saturated carbocycles. The van der Waals surface area contributed by atoms with Crippen LogP contribution in [0.1, 0.15) is 28.8 Å². The van der Waals surface area contributed by atoms with E-state index >= 15 is 0 Å². The zero-order chi connectivity index (χ0) is 24.4. The average molecular weight is 571 g/mol. The molecule has 0 radical (unpaired) electrons. The Morgan fingerprint density at radius 2 is 1.91 bits per heavy atom. The van der Waals surface area contributed by atoms with Gasteiger partial charge in [0.2, 0.25) is 0 Å². The number of thioether (sulfide) groups is 1. The van der Waals surface area contributed by atoms with Gasteiger partial charge in [0.1, 0.15) is 10.6 Å². The first-order valence-corrected chi connectivity index (χ1v) is 13.6. The van der Waals surface area contributed by atoms with Crippen molar-refractivity contribution < 1.29 is 9.18 Å². The van der Waals surface area contributed by atoms with Crippen LogP contribution in [0.5, 0.6) is 0 Å². The molecule has 2 aromatic carbocycles. The third kappa shape index (κ3) is 5.24. The van der Waals surface area contributed by atoms with Crippen LogP contribution in [0.15, 0.2) is 68.1 Å². The van der Waals surface area contributed by atoms with Crippen molar-refractivity contribution in [3.8, 4) is 5.69 Å². The minimum atomic E-state index is -0.338. The number of amides is 1. The van der Waals surface area contributed by atoms with E-state index in [0.717, 1.165) is 40.5 Å². The highest BCUT2D eigenvalue weighted by molar-refractivity contribution is 9.10. The van der Waals surface area contributed by atoms with Gasteiger partial charge in [-0.05, 0) is 73.2 Å². The fourth-order valence-corrected chi connectivity index (χ4v) is 6.36. The van der Waals surface area contributed by atoms with Crippen LogP contribution in [0.4, 0.5) is 4.39 Å². The van der Waals surface area contributed by atoms with Crippen LogP contribution >= 0.6 is 39.0 Å². The summed E-state index contributed by atoms with van der Waals surface area (Å²) in [6.45, 7) is 0. The molecule has 1 aliphatic rings. The first-order valence-electron chi connectivity index (χ1n) is 11.0. The Morgan fingerprint density at radius 1 is 1.17 bits per heavy atom. The Kier molecular flexibility index (Phi) is 7.12. The number of nitrogens with zero attached hydrogens (tertiary/aromatic N) is 3. The van der Waals surface area contributed by atoms with E-state index in [1.165, 1.54) is 35.0 Å². The van der Waals surface area contributed by atoms with Crippen molar-refractivity contribution in [2.24, 2.45) is 5.10 Å². The lowest BCUT2D eigenvalue weighted by atomic mass is 9.97. The molecule has 0 fully saturated rings. The molecular formula is C25H20BrFN4O2S2. The molecule has 0 unspecified atom stereocenters. The lowest BCUT2D eigenvalue weighted by Crippen LogP contribution is -2.24. The number of hydrogen-bond acceptors (Lipinski definition) is 6. The van der Waals surface area contributed by atoms with Crippen molar-refractivity contribution in [2.75, 3.05) is 5.75 Å². The van der Waals surface area contributed by atoms with E-state index in [2.05, 4.69) is 26.5 Å². The number of fused-ring (bicyclic) bond motifs is 3. The van der Waals surface area contributed by atoms with Gasteiger partial charge in [0, 0.05) is 9.35 Å². The van der Waals surface area contributed by atoms with E-state index in [1.807, 2.05) is 24.3 Å². The van der Waals surface area contributed by atoms with Crippen LogP contribution in [0.3, 0.4) is 0 Å². The summed E-state index contributed by atoms with van der Waals surface area (Å²) in [4.78, 5) is 33.0. The minimum Gasteiger partial charge on any atom is -0.272 e. The number of rotatable bonds is 6. The summed E-state index contributed by atoms with van der Waals surface area (Å²) >= 11 is 6.21. The fourth-order valence-electron chi connectivity index (χ4n) is 3.99. The quantitative estimate of drug-likeness (QED) is 0.144. The second-order valence-electron chi connectivity index (χ2n) is 8.04. The van der Waals surface area contributed by atoms with Gasteiger partial charge in [0.05, 0.1) is 23.0 Å². The van der Waals surface area contributed by atoms with Gasteiger partial charge >= 0.3 is 0 Å². The summed E-state index contributed by atoms with van der Waals surface area (Å²) in [7, 11) is 0. The molecule has 178 valence electrons. The van der Waals surface area contributed by atoms with Gasteiger partial charge in [-0.25, -0.2) is 14.8 Å². The van der Waals surface area contributed by atoms with Crippen LogP contribution in [-0.4, -0.2) is 27.4 Å². The molecule has 4 aromatic rings. The van der Waals surface area contributed by atoms with Crippen LogP contribution in [-0.2, 0) is 17.6 Å². The van der Waals surface area contributed by atoms with Gasteiger partial charge in [-0.3, -0.25) is 14.2 Å². The van der Waals surface area contributed by atoms with Crippen molar-refractivity contribution in [3.05, 3.63) is 85.2 Å². The first-order chi connectivity index (χ1) is 17.0. The summed E-state index contributed by atoms with van der Waals surface area (Å²) in [6, 6.07) is 13.2. The molecular weight excluding hydrogens is 551 g/mol. The lowest BCUT2D eigenvalue weighted by molar-refractivity contribution is -0.118. The minimum absolute atomic E-state index is 0.0281. The largest absolute Gasteiger partial charge is 0.272 e. The second kappa shape index (κ2) is 10.4. The molecule has 2 heterocycles. The Morgan fingerprint density at radius 3 is 2.69 bits per heavy atom. The Bertz CT molecular complexity index is 1480. The molecule has 5 rings (SSSR count). The van der Waals surface area contributed by atoms with Crippen molar-refractivity contribution >= 4 is 61.4 Å². The SMILES string of the molecule is O=C(CSc1nc2sc3c(c2c(=O)n1-c1ccc(Br)cc1)CCCC3)NN=Cc1ccc(F)cc1. The molecule has 0 atom stereocenters. The second-order valence-corrected chi connectivity index (χ2v) is 11.0. The normalized spacial score (nSPS) is 13.3. The third-order valence-electron chi connectivity index (χ3n) is 5.65. The number of benzene rings is 2. The van der Waals surface area contributed by atoms with E-state index in [4.69, 9.17) is 4.98 Å². The number of hydrogen-bond donors (Lipinski definition) is 1. The van der Waals surface area contributed by atoms with E-state index in [1.54, 1.807) is 28.0 Å². The smallest absolute Gasteiger partial charge is 0.267 e. The molecule has 0 spiro atoms. The van der Waals surface area contributed by atoms with Crippen LogP contribution in [0, 0.1) is 5.82 Å². The summed E-state index contributed by atoms with van der Waals surface area (Å²) in [6.07, 6.45) is 5.52. The molecule has 1 aliphatic carbocycles. The lowest BCUT2D eigenvalue weighted by Gasteiger charge is -2.13. The maximum Gasteiger partial charge on any atom is 0.267 e. The molecule has 6 nitrogen and oxygen atoms in total. The van der Waals surface area contributed by atoms with E-state index in [-0.39, 0.29) is 23.0 Å². The first kappa shape index (κ1) is 23.9. The van der Waals surface area contributed by atoms with Crippen molar-refractivity contribution in [2.45, 2.75) is 30.8 Å². The predicted molar refractivity (Wildman–Crippen MR) is 142 cm³/mol. The monoisotopic (exact) mass is 570 g/mol. The Labute approximate surface area is 217 Å². The molecule has 0 bridgehead atoms. The number of carbonyl (C=O) groups is 1. The van der Waals surface area contributed by atoms with Crippen LogP contribution in [0.25, 0.3) is 15.9 Å². The van der Waals surface area contributed by atoms with E-state index in [0.29, 0.717) is 21.8 Å². The number of nitrogens with one attached hydrogen (secondary N) is 1. The fraction of sp³-hybridized carbons (Fsp3) is 0.200. The van der Waals surface area contributed by atoms with Crippen LogP contribution in [0.2, 0.25) is 0 Å². The number of aryl methyl sites for hydroxylation is 2. The van der Waals surface area contributed by atoms with Gasteiger partial charge < -0.3 is 0 Å². The van der Waals surface area contributed by atoms with Gasteiger partial charge in [0.25, 0.3) is 11.5 Å². The molecule has 2 aromatic heterocycles. The zero-order valence-corrected chi connectivity index (χ0v) is 21.7. The van der Waals surface area contributed by atoms with Crippen LogP contribution < -0.4 is 11.0 Å². The average Bonchev–Trinajstić information content (AvgIpc) is 3.23. The summed E-state index contributed by atoms with van der Waals surface area (Å²) in [5.74, 6) is -0.647. The number of halogens is 2. The number of thiophene rings is 1. The molecule has 35 heavy (non-hydrogen) atoms. The number of hydrazone groups is 1. The maximum absolute atomic E-state index is 13.7. The summed E-state index contributed by atoms with van der Waals surface area (Å²) in [5.41, 5.74) is 4.86. The highest BCUT2D eigenvalue weighted by Gasteiger charge is 2.23.